The van der Waals surface area contributed by atoms with Crippen LogP contribution in [0.15, 0.2) is 66.7 Å². The number of para-hydroxylation sites is 1. The fourth-order valence-corrected chi connectivity index (χ4v) is 4.72. The largest absolute Gasteiger partial charge is 0.507 e. The van der Waals surface area contributed by atoms with Crippen LogP contribution in [-0.4, -0.2) is 64.1 Å². The van der Waals surface area contributed by atoms with Crippen molar-refractivity contribution in [3.63, 3.8) is 0 Å². The van der Waals surface area contributed by atoms with Crippen molar-refractivity contribution in [3.05, 3.63) is 77.9 Å². The Kier molecular flexibility index (Phi) is 7.80. The molecule has 1 aliphatic rings. The van der Waals surface area contributed by atoms with Gasteiger partial charge in [0.15, 0.2) is 0 Å². The minimum Gasteiger partial charge on any atom is -0.507 e. The highest BCUT2D eigenvalue weighted by Crippen LogP contribution is 2.43. The van der Waals surface area contributed by atoms with E-state index in [1.807, 2.05) is 18.2 Å². The lowest BCUT2D eigenvalue weighted by molar-refractivity contribution is 0.250. The fraction of sp³-hybridized carbons (Fsp3) is 0.357. The number of nitrogens with zero attached hydrogens (tertiary/aromatic N) is 2. The van der Waals surface area contributed by atoms with Gasteiger partial charge >= 0.3 is 0 Å². The number of aromatic hydroxyl groups is 1. The molecule has 6 nitrogen and oxygen atoms in total. The lowest BCUT2D eigenvalue weighted by Gasteiger charge is -2.36. The topological polar surface area (TPSA) is 54.4 Å². The van der Waals surface area contributed by atoms with E-state index in [1.54, 1.807) is 27.4 Å². The Morgan fingerprint density at radius 2 is 1.47 bits per heavy atom. The third-order valence-corrected chi connectivity index (χ3v) is 6.64. The molecule has 0 bridgehead atoms. The Morgan fingerprint density at radius 1 is 0.794 bits per heavy atom. The zero-order chi connectivity index (χ0) is 23.9. The van der Waals surface area contributed by atoms with E-state index in [9.17, 15) is 5.11 Å². The molecule has 0 aromatic heterocycles. The third-order valence-electron chi connectivity index (χ3n) is 6.64. The summed E-state index contributed by atoms with van der Waals surface area (Å²) in [6.07, 6.45) is 0.855. The van der Waals surface area contributed by atoms with Crippen LogP contribution in [0.4, 0.5) is 5.69 Å². The normalized spacial score (nSPS) is 15.1. The van der Waals surface area contributed by atoms with Crippen molar-refractivity contribution in [3.8, 4) is 23.0 Å². The van der Waals surface area contributed by atoms with Gasteiger partial charge in [-0.25, -0.2) is 0 Å². The number of benzene rings is 3. The van der Waals surface area contributed by atoms with Gasteiger partial charge in [-0.1, -0.05) is 30.3 Å². The van der Waals surface area contributed by atoms with Crippen LogP contribution in [0.25, 0.3) is 0 Å². The van der Waals surface area contributed by atoms with Gasteiger partial charge in [0.25, 0.3) is 0 Å². The molecule has 1 aliphatic heterocycles. The van der Waals surface area contributed by atoms with Gasteiger partial charge in [0.05, 0.1) is 21.3 Å². The van der Waals surface area contributed by atoms with Crippen LogP contribution >= 0.6 is 0 Å². The molecule has 6 heteroatoms. The van der Waals surface area contributed by atoms with E-state index in [4.69, 9.17) is 14.2 Å². The first-order valence-corrected chi connectivity index (χ1v) is 11.7. The van der Waals surface area contributed by atoms with E-state index < -0.39 is 0 Å². The molecule has 1 saturated heterocycles. The fourth-order valence-electron chi connectivity index (χ4n) is 4.72. The van der Waals surface area contributed by atoms with Crippen LogP contribution in [0, 0.1) is 0 Å². The van der Waals surface area contributed by atoms with E-state index in [-0.39, 0.29) is 11.7 Å². The summed E-state index contributed by atoms with van der Waals surface area (Å²) < 4.78 is 16.4. The molecule has 0 saturated carbocycles. The second kappa shape index (κ2) is 11.2. The summed E-state index contributed by atoms with van der Waals surface area (Å²) in [4.78, 5) is 4.94. The molecule has 1 fully saturated rings. The zero-order valence-corrected chi connectivity index (χ0v) is 20.2. The molecule has 0 radical (unpaired) electrons. The Hall–Kier alpha value is -3.38. The molecule has 1 heterocycles. The summed E-state index contributed by atoms with van der Waals surface area (Å²) >= 11 is 0. The maximum absolute atomic E-state index is 11.0. The first-order chi connectivity index (χ1) is 16.6. The van der Waals surface area contributed by atoms with E-state index in [0.29, 0.717) is 11.5 Å². The highest BCUT2D eigenvalue weighted by atomic mass is 16.5. The highest BCUT2D eigenvalue weighted by Gasteiger charge is 2.25. The average Bonchev–Trinajstić information content (AvgIpc) is 2.90. The lowest BCUT2D eigenvalue weighted by atomic mass is 9.86. The van der Waals surface area contributed by atoms with Crippen molar-refractivity contribution < 1.29 is 19.3 Å². The number of hydrogen-bond donors (Lipinski definition) is 1. The van der Waals surface area contributed by atoms with Gasteiger partial charge in [-0.3, -0.25) is 4.90 Å². The zero-order valence-electron chi connectivity index (χ0n) is 20.2. The second-order valence-corrected chi connectivity index (χ2v) is 8.54. The minimum atomic E-state index is -0.0288. The van der Waals surface area contributed by atoms with Crippen LogP contribution in [0.2, 0.25) is 0 Å². The maximum Gasteiger partial charge on any atom is 0.130 e. The van der Waals surface area contributed by atoms with Crippen LogP contribution in [0.1, 0.15) is 23.5 Å². The van der Waals surface area contributed by atoms with Crippen molar-refractivity contribution in [2.75, 3.05) is 59.0 Å². The highest BCUT2D eigenvalue weighted by molar-refractivity contribution is 5.55. The molecule has 34 heavy (non-hydrogen) atoms. The van der Waals surface area contributed by atoms with Gasteiger partial charge in [-0.05, 0) is 42.8 Å². The number of ether oxygens (including phenoxy) is 3. The molecular weight excluding hydrogens is 428 g/mol. The third kappa shape index (κ3) is 5.39. The molecule has 4 rings (SSSR count). The summed E-state index contributed by atoms with van der Waals surface area (Å²) in [6.45, 7) is 4.96. The van der Waals surface area contributed by atoms with Crippen molar-refractivity contribution >= 4 is 5.69 Å². The van der Waals surface area contributed by atoms with Crippen LogP contribution < -0.4 is 19.1 Å². The molecule has 0 spiro atoms. The summed E-state index contributed by atoms with van der Waals surface area (Å²) in [5.74, 6) is 2.17. The van der Waals surface area contributed by atoms with Crippen LogP contribution in [-0.2, 0) is 0 Å². The maximum atomic E-state index is 11.0. The van der Waals surface area contributed by atoms with Crippen molar-refractivity contribution in [2.45, 2.75) is 12.3 Å². The summed E-state index contributed by atoms with van der Waals surface area (Å²) in [6, 6.07) is 22.2. The predicted molar refractivity (Wildman–Crippen MR) is 136 cm³/mol. The molecule has 1 N–H and O–H groups in total. The van der Waals surface area contributed by atoms with E-state index >= 15 is 0 Å². The smallest absolute Gasteiger partial charge is 0.130 e. The number of methoxy groups -OCH3 is 3. The molecule has 0 unspecified atom stereocenters. The Labute approximate surface area is 202 Å². The minimum absolute atomic E-state index is 0.0288. The number of rotatable bonds is 9. The number of piperazine rings is 1. The second-order valence-electron chi connectivity index (χ2n) is 8.54. The number of phenols is 1. The molecule has 1 atom stereocenters. The molecule has 0 amide bonds. The van der Waals surface area contributed by atoms with Crippen molar-refractivity contribution in [1.29, 1.82) is 0 Å². The number of hydrogen-bond acceptors (Lipinski definition) is 6. The molecular formula is C28H34N2O4. The monoisotopic (exact) mass is 462 g/mol. The molecule has 3 aromatic rings. The van der Waals surface area contributed by atoms with E-state index in [1.165, 1.54) is 5.69 Å². The molecule has 3 aromatic carbocycles. The molecule has 0 aliphatic carbocycles. The Bertz CT molecular complexity index is 1050. The van der Waals surface area contributed by atoms with Crippen molar-refractivity contribution in [1.82, 2.24) is 4.90 Å². The lowest BCUT2D eigenvalue weighted by Crippen LogP contribution is -2.46. The van der Waals surface area contributed by atoms with Crippen LogP contribution in [0.5, 0.6) is 23.0 Å². The van der Waals surface area contributed by atoms with Gasteiger partial charge in [-0.15, -0.1) is 0 Å². The molecule has 180 valence electrons. The standard InChI is InChI=1S/C28H34N2O4/c1-32-23-11-9-21(10-12-23)25(28-26(31)19-24(33-2)20-27(28)34-3)13-14-29-15-17-30(18-16-29)22-7-5-4-6-8-22/h4-12,19-20,25,31H,13-18H2,1-3H3/t25-/m1/s1. The van der Waals surface area contributed by atoms with Gasteiger partial charge in [-0.2, -0.15) is 0 Å². The summed E-state index contributed by atoms with van der Waals surface area (Å²) in [5, 5.41) is 11.0. The predicted octanol–water partition coefficient (Wildman–Crippen LogP) is 4.76. The SMILES string of the molecule is COc1ccc([C@@H](CCN2CCN(c3ccccc3)CC2)c2c(O)cc(OC)cc2OC)cc1. The average molecular weight is 463 g/mol. The number of phenolic OH excluding ortho intramolecular Hbond substituents is 1. The Balaban J connectivity index is 1.53. The van der Waals surface area contributed by atoms with E-state index in [2.05, 4.69) is 52.3 Å². The van der Waals surface area contributed by atoms with Gasteiger partial charge in [0.2, 0.25) is 0 Å². The van der Waals surface area contributed by atoms with Gasteiger partial charge < -0.3 is 24.2 Å². The van der Waals surface area contributed by atoms with E-state index in [0.717, 1.165) is 56.0 Å². The first-order valence-electron chi connectivity index (χ1n) is 11.7. The summed E-state index contributed by atoms with van der Waals surface area (Å²) in [5.41, 5.74) is 3.19. The van der Waals surface area contributed by atoms with Gasteiger partial charge in [0, 0.05) is 55.5 Å². The van der Waals surface area contributed by atoms with Crippen LogP contribution in [0.3, 0.4) is 0 Å². The van der Waals surface area contributed by atoms with Crippen molar-refractivity contribution in [2.24, 2.45) is 0 Å². The van der Waals surface area contributed by atoms with Gasteiger partial charge in [0.1, 0.15) is 23.0 Å². The quantitative estimate of drug-likeness (QED) is 0.495. The summed E-state index contributed by atoms with van der Waals surface area (Å²) in [7, 11) is 4.88. The Morgan fingerprint density at radius 3 is 2.09 bits per heavy atom. The number of anilines is 1. The first kappa shape index (κ1) is 23.8.